The molecule has 1 aliphatic rings. The van der Waals surface area contributed by atoms with Crippen molar-refractivity contribution in [3.63, 3.8) is 0 Å². The van der Waals surface area contributed by atoms with Gasteiger partial charge in [-0.25, -0.2) is 4.79 Å². The molecule has 1 atom stereocenters. The Hall–Kier alpha value is -2.62. The largest absolute Gasteiger partial charge is 0.478 e. The lowest BCUT2D eigenvalue weighted by molar-refractivity contribution is -0.133. The summed E-state index contributed by atoms with van der Waals surface area (Å²) in [6.07, 6.45) is 5.09. The van der Waals surface area contributed by atoms with Crippen molar-refractivity contribution in [1.82, 2.24) is 4.90 Å². The van der Waals surface area contributed by atoms with Gasteiger partial charge in [0.15, 0.2) is 0 Å². The number of carboxylic acid groups (broad SMARTS) is 1. The average molecular weight is 365 g/mol. The van der Waals surface area contributed by atoms with Crippen molar-refractivity contribution in [1.29, 1.82) is 0 Å². The predicted octanol–water partition coefficient (Wildman–Crippen LogP) is 4.77. The number of hydrogen-bond acceptors (Lipinski definition) is 2. The molecule has 0 aliphatic carbocycles. The Labute approximate surface area is 160 Å². The van der Waals surface area contributed by atoms with Gasteiger partial charge in [-0.2, -0.15) is 0 Å². The maximum Gasteiger partial charge on any atom is 0.335 e. The molecule has 1 heterocycles. The lowest BCUT2D eigenvalue weighted by Gasteiger charge is -2.31. The summed E-state index contributed by atoms with van der Waals surface area (Å²) in [5.74, 6) is -0.825. The Kier molecular flexibility index (Phi) is 6.28. The van der Waals surface area contributed by atoms with E-state index in [2.05, 4.69) is 31.2 Å². The number of hydrogen-bond donors (Lipinski definition) is 1. The Morgan fingerprint density at radius 2 is 1.89 bits per heavy atom. The van der Waals surface area contributed by atoms with E-state index in [9.17, 15) is 14.7 Å². The number of carboxylic acids is 1. The van der Waals surface area contributed by atoms with Gasteiger partial charge in [0.05, 0.1) is 11.6 Å². The molecular formula is C23H27NO3. The minimum atomic E-state index is -0.939. The summed E-state index contributed by atoms with van der Waals surface area (Å²) in [4.78, 5) is 26.5. The second-order valence-corrected chi connectivity index (χ2v) is 7.33. The smallest absolute Gasteiger partial charge is 0.335 e. The SMILES string of the molecule is Cc1cccc(C2CCCCCN2C(=O)CCc2ccccc2C(=O)O)c1. The highest BCUT2D eigenvalue weighted by molar-refractivity contribution is 5.89. The number of aromatic carboxylic acids is 1. The molecule has 1 fully saturated rings. The number of benzene rings is 2. The molecule has 0 spiro atoms. The van der Waals surface area contributed by atoms with Gasteiger partial charge in [-0.15, -0.1) is 0 Å². The van der Waals surface area contributed by atoms with Crippen LogP contribution in [-0.4, -0.2) is 28.4 Å². The monoisotopic (exact) mass is 365 g/mol. The van der Waals surface area contributed by atoms with E-state index < -0.39 is 5.97 Å². The Morgan fingerprint density at radius 1 is 1.07 bits per heavy atom. The number of amides is 1. The van der Waals surface area contributed by atoms with Crippen LogP contribution in [0.25, 0.3) is 0 Å². The first-order valence-corrected chi connectivity index (χ1v) is 9.73. The van der Waals surface area contributed by atoms with Crippen LogP contribution in [0, 0.1) is 6.92 Å². The van der Waals surface area contributed by atoms with E-state index in [4.69, 9.17) is 0 Å². The first-order chi connectivity index (χ1) is 13.1. The first-order valence-electron chi connectivity index (χ1n) is 9.73. The summed E-state index contributed by atoms with van der Waals surface area (Å²) in [6, 6.07) is 15.5. The molecule has 4 nitrogen and oxygen atoms in total. The standard InChI is InChI=1S/C23H27NO3/c1-17-8-7-10-19(16-17)21-12-3-2-6-15-24(21)22(25)14-13-18-9-4-5-11-20(18)23(26)27/h4-5,7-11,16,21H,2-3,6,12-15H2,1H3,(H,26,27). The molecular weight excluding hydrogens is 338 g/mol. The summed E-state index contributed by atoms with van der Waals surface area (Å²) in [6.45, 7) is 2.85. The Bertz CT molecular complexity index is 815. The summed E-state index contributed by atoms with van der Waals surface area (Å²) in [5.41, 5.74) is 3.42. The third-order valence-corrected chi connectivity index (χ3v) is 5.36. The molecule has 27 heavy (non-hydrogen) atoms. The van der Waals surface area contributed by atoms with Gasteiger partial charge in [0.2, 0.25) is 5.91 Å². The average Bonchev–Trinajstić information content (AvgIpc) is 2.92. The van der Waals surface area contributed by atoms with Crippen LogP contribution in [0.5, 0.6) is 0 Å². The van der Waals surface area contributed by atoms with E-state index >= 15 is 0 Å². The highest BCUT2D eigenvalue weighted by Gasteiger charge is 2.26. The van der Waals surface area contributed by atoms with Crippen LogP contribution in [0.1, 0.15) is 65.2 Å². The number of carbonyl (C=O) groups excluding carboxylic acids is 1. The van der Waals surface area contributed by atoms with Gasteiger partial charge in [-0.3, -0.25) is 4.79 Å². The predicted molar refractivity (Wildman–Crippen MR) is 106 cm³/mol. The van der Waals surface area contributed by atoms with Crippen LogP contribution < -0.4 is 0 Å². The molecule has 1 unspecified atom stereocenters. The van der Waals surface area contributed by atoms with E-state index in [1.165, 1.54) is 11.1 Å². The van der Waals surface area contributed by atoms with E-state index in [0.29, 0.717) is 12.8 Å². The van der Waals surface area contributed by atoms with Crippen LogP contribution in [0.3, 0.4) is 0 Å². The zero-order chi connectivity index (χ0) is 19.2. The van der Waals surface area contributed by atoms with Crippen molar-refractivity contribution < 1.29 is 14.7 Å². The molecule has 0 saturated carbocycles. The third-order valence-electron chi connectivity index (χ3n) is 5.36. The summed E-state index contributed by atoms with van der Waals surface area (Å²) in [5, 5.41) is 9.34. The van der Waals surface area contributed by atoms with Gasteiger partial charge < -0.3 is 10.0 Å². The maximum atomic E-state index is 13.1. The number of likely N-dealkylation sites (tertiary alicyclic amines) is 1. The fraction of sp³-hybridized carbons (Fsp3) is 0.391. The molecule has 1 N–H and O–H groups in total. The molecule has 0 bridgehead atoms. The van der Waals surface area contributed by atoms with Crippen molar-refractivity contribution >= 4 is 11.9 Å². The molecule has 142 valence electrons. The second kappa shape index (κ2) is 8.85. The van der Waals surface area contributed by atoms with Crippen LogP contribution in [0.4, 0.5) is 0 Å². The topological polar surface area (TPSA) is 57.6 Å². The van der Waals surface area contributed by atoms with E-state index in [0.717, 1.165) is 37.8 Å². The molecule has 0 aromatic heterocycles. The van der Waals surface area contributed by atoms with Crippen LogP contribution >= 0.6 is 0 Å². The van der Waals surface area contributed by atoms with Crippen LogP contribution in [0.2, 0.25) is 0 Å². The highest BCUT2D eigenvalue weighted by atomic mass is 16.4. The van der Waals surface area contributed by atoms with Crippen molar-refractivity contribution in [2.24, 2.45) is 0 Å². The summed E-state index contributed by atoms with van der Waals surface area (Å²) in [7, 11) is 0. The number of rotatable bonds is 5. The lowest BCUT2D eigenvalue weighted by Crippen LogP contribution is -2.35. The van der Waals surface area contributed by atoms with Gasteiger partial charge in [0.25, 0.3) is 0 Å². The Morgan fingerprint density at radius 3 is 2.67 bits per heavy atom. The fourth-order valence-corrected chi connectivity index (χ4v) is 3.96. The lowest BCUT2D eigenvalue weighted by atomic mass is 9.98. The molecule has 2 aromatic carbocycles. The highest BCUT2D eigenvalue weighted by Crippen LogP contribution is 2.31. The molecule has 1 amide bonds. The first kappa shape index (κ1) is 19.2. The van der Waals surface area contributed by atoms with Crippen LogP contribution in [-0.2, 0) is 11.2 Å². The van der Waals surface area contributed by atoms with Gasteiger partial charge in [0, 0.05) is 13.0 Å². The zero-order valence-corrected chi connectivity index (χ0v) is 15.9. The minimum absolute atomic E-state index is 0.114. The maximum absolute atomic E-state index is 13.1. The normalized spacial score (nSPS) is 17.4. The summed E-state index contributed by atoms with van der Waals surface area (Å²) >= 11 is 0. The quantitative estimate of drug-likeness (QED) is 0.830. The molecule has 0 radical (unpaired) electrons. The van der Waals surface area contributed by atoms with Crippen molar-refractivity contribution in [2.75, 3.05) is 6.54 Å². The van der Waals surface area contributed by atoms with E-state index in [1.807, 2.05) is 11.0 Å². The van der Waals surface area contributed by atoms with Crippen LogP contribution in [0.15, 0.2) is 48.5 Å². The van der Waals surface area contributed by atoms with Gasteiger partial charge in [-0.1, -0.05) is 60.9 Å². The second-order valence-electron chi connectivity index (χ2n) is 7.33. The molecule has 1 saturated heterocycles. The van der Waals surface area contributed by atoms with Gasteiger partial charge in [0.1, 0.15) is 0 Å². The molecule has 2 aromatic rings. The zero-order valence-electron chi connectivity index (χ0n) is 15.9. The van der Waals surface area contributed by atoms with Crippen molar-refractivity contribution in [2.45, 2.75) is 51.5 Å². The van der Waals surface area contributed by atoms with E-state index in [-0.39, 0.29) is 17.5 Å². The molecule has 4 heteroatoms. The third kappa shape index (κ3) is 4.76. The Balaban J connectivity index is 1.76. The van der Waals surface area contributed by atoms with Crippen molar-refractivity contribution in [3.8, 4) is 0 Å². The van der Waals surface area contributed by atoms with E-state index in [1.54, 1.807) is 18.2 Å². The van der Waals surface area contributed by atoms with Gasteiger partial charge >= 0.3 is 5.97 Å². The van der Waals surface area contributed by atoms with Gasteiger partial charge in [-0.05, 0) is 43.4 Å². The van der Waals surface area contributed by atoms with Crippen molar-refractivity contribution in [3.05, 3.63) is 70.8 Å². The molecule has 1 aliphatic heterocycles. The fourth-order valence-electron chi connectivity index (χ4n) is 3.96. The number of nitrogens with zero attached hydrogens (tertiary/aromatic N) is 1. The molecule has 3 rings (SSSR count). The summed E-state index contributed by atoms with van der Waals surface area (Å²) < 4.78 is 0. The minimum Gasteiger partial charge on any atom is -0.478 e. The number of carbonyl (C=O) groups is 2. The number of aryl methyl sites for hydroxylation is 2.